The van der Waals surface area contributed by atoms with E-state index >= 15 is 0 Å². The molecule has 5 heterocycles. The summed E-state index contributed by atoms with van der Waals surface area (Å²) < 4.78 is 104. The fourth-order valence-corrected chi connectivity index (χ4v) is 11.1. The van der Waals surface area contributed by atoms with Crippen LogP contribution in [0.2, 0.25) is 0 Å². The highest BCUT2D eigenvalue weighted by atomic mass is 14.9. The van der Waals surface area contributed by atoms with Crippen LogP contribution in [0.25, 0.3) is 56.3 Å². The molecule has 0 bridgehead atoms. The van der Waals surface area contributed by atoms with Crippen LogP contribution in [0.3, 0.4) is 0 Å². The first kappa shape index (κ1) is 53.8. The lowest BCUT2D eigenvalue weighted by Gasteiger charge is -2.18. The van der Waals surface area contributed by atoms with E-state index in [2.05, 4.69) is 189 Å². The Hall–Kier alpha value is -8.15. The summed E-state index contributed by atoms with van der Waals surface area (Å²) in [5, 5.41) is 0. The summed E-state index contributed by atoms with van der Waals surface area (Å²) in [7, 11) is 9.78. The summed E-state index contributed by atoms with van der Waals surface area (Å²) in [6.45, 7) is 25.7. The lowest BCUT2D eigenvalue weighted by Crippen LogP contribution is -2.32. The van der Waals surface area contributed by atoms with Gasteiger partial charge < -0.3 is 0 Å². The van der Waals surface area contributed by atoms with Crippen LogP contribution in [0.4, 0.5) is 0 Å². The average molecular weight is 1200 g/mol. The highest BCUT2D eigenvalue weighted by Gasteiger charge is 2.21. The molecule has 0 aliphatic rings. The lowest BCUT2D eigenvalue weighted by molar-refractivity contribution is -0.661. The molecule has 0 aliphatic heterocycles. The fraction of sp³-hybridized carbons (Fsp3) is 0.345. The zero-order valence-corrected chi connectivity index (χ0v) is 57.1. The quantitative estimate of drug-likeness (QED) is 0.122. The Morgan fingerprint density at radius 1 is 0.315 bits per heavy atom. The van der Waals surface area contributed by atoms with E-state index in [4.69, 9.17) is 16.4 Å². The first-order chi connectivity index (χ1) is 46.6. The first-order valence-electron chi connectivity index (χ1n) is 36.9. The van der Waals surface area contributed by atoms with E-state index in [0.29, 0.717) is 10.8 Å². The predicted molar refractivity (Wildman–Crippen MR) is 378 cm³/mol. The molecule has 5 heteroatoms. The molecule has 0 atom stereocenters. The van der Waals surface area contributed by atoms with Crippen molar-refractivity contribution in [3.63, 3.8) is 0 Å². The van der Waals surface area contributed by atoms with Crippen molar-refractivity contribution in [1.29, 1.82) is 0 Å². The molecule has 0 saturated carbocycles. The van der Waals surface area contributed by atoms with Crippen LogP contribution >= 0.6 is 0 Å². The van der Waals surface area contributed by atoms with Gasteiger partial charge in [-0.05, 0) is 185 Å². The zero-order valence-electron chi connectivity index (χ0n) is 69.1. The molecule has 0 radical (unpaired) electrons. The van der Waals surface area contributed by atoms with Gasteiger partial charge in [0, 0.05) is 103 Å². The van der Waals surface area contributed by atoms with Crippen molar-refractivity contribution >= 4 is 0 Å². The molecule has 0 N–H and O–H groups in total. The third kappa shape index (κ3) is 19.7. The van der Waals surface area contributed by atoms with Gasteiger partial charge in [-0.25, -0.2) is 22.8 Å². The van der Waals surface area contributed by atoms with Crippen molar-refractivity contribution < 1.29 is 39.3 Å². The Morgan fingerprint density at radius 2 is 0.640 bits per heavy atom. The second-order valence-corrected chi connectivity index (χ2v) is 25.9. The van der Waals surface area contributed by atoms with Gasteiger partial charge >= 0.3 is 0 Å². The minimum atomic E-state index is -2.35. The van der Waals surface area contributed by atoms with Crippen molar-refractivity contribution in [2.45, 2.75) is 150 Å². The van der Waals surface area contributed by atoms with Crippen LogP contribution < -0.4 is 22.8 Å². The smallest absolute Gasteiger partial charge is 0.201 e. The van der Waals surface area contributed by atoms with Crippen LogP contribution in [-0.2, 0) is 67.2 Å². The van der Waals surface area contributed by atoms with Crippen LogP contribution in [-0.4, -0.2) is 0 Å². The number of hydrogen-bond donors (Lipinski definition) is 0. The molecule has 5 aromatic heterocycles. The summed E-state index contributed by atoms with van der Waals surface area (Å²) in [5.74, 6) is 0. The van der Waals surface area contributed by atoms with Crippen molar-refractivity contribution in [2.75, 3.05) is 0 Å². The standard InChI is InChI=1S/2C18H24N.3C16H20N/c1-14-8-6-7-9-16(14)17-12-15(10-11-19(17)5)13-18(2,3)4;1-14-8-6-7-9-16(14)17-11-10-15(13-19(17)5)12-18(2,3)4;2*1-5-14-10-16(17(4)11-13(14)3)15-9-7-6-8-12(15)2;1-5-14-11-17(4)16(10-13(14)3)15-9-7-6-8-12(15)2/h6-12H,13H2,1-5H3;6-11,13H,12H2,1-5H3;3*6-11H,5H2,1-4H3/q5*+1/i;;2*3D3,5D2;5D2. The third-order valence-corrected chi connectivity index (χ3v) is 15.8. The van der Waals surface area contributed by atoms with Gasteiger partial charge in [0.05, 0.1) is 0 Å². The highest BCUT2D eigenvalue weighted by Crippen LogP contribution is 2.28. The van der Waals surface area contributed by atoms with Gasteiger partial charge in [-0.3, -0.25) is 0 Å². The van der Waals surface area contributed by atoms with Crippen molar-refractivity contribution in [3.8, 4) is 56.3 Å². The van der Waals surface area contributed by atoms with Crippen molar-refractivity contribution in [2.24, 2.45) is 46.1 Å². The minimum absolute atomic E-state index is 0.0554. The number of rotatable bonds is 10. The van der Waals surface area contributed by atoms with Gasteiger partial charge in [-0.15, -0.1) is 0 Å². The van der Waals surface area contributed by atoms with Crippen molar-refractivity contribution in [3.05, 3.63) is 267 Å². The van der Waals surface area contributed by atoms with Gasteiger partial charge in [-0.1, -0.05) is 153 Å². The van der Waals surface area contributed by atoms with Crippen LogP contribution in [0.1, 0.15) is 151 Å². The molecule has 5 nitrogen and oxygen atoms in total. The molecule has 0 amide bonds. The molecule has 0 fully saturated rings. The van der Waals surface area contributed by atoms with Gasteiger partial charge in [0.2, 0.25) is 28.5 Å². The van der Waals surface area contributed by atoms with E-state index in [1.807, 2.05) is 99.2 Å². The molecular weight excluding hydrogens is 1080 g/mol. The Kier molecular flexibility index (Phi) is 19.3. The molecule has 0 aliphatic carbocycles. The minimum Gasteiger partial charge on any atom is -0.201 e. The molecule has 0 spiro atoms. The molecular formula is C84H108N5+5. The average Bonchev–Trinajstić information content (AvgIpc) is 0.779. The number of aryl methyl sites for hydroxylation is 16. The molecule has 10 rings (SSSR count). The van der Waals surface area contributed by atoms with E-state index in [-0.39, 0.29) is 22.3 Å². The van der Waals surface area contributed by atoms with E-state index < -0.39 is 32.8 Å². The van der Waals surface area contributed by atoms with E-state index in [1.165, 1.54) is 82.1 Å². The number of pyridine rings is 5. The van der Waals surface area contributed by atoms with Crippen molar-refractivity contribution in [1.82, 2.24) is 0 Å². The summed E-state index contributed by atoms with van der Waals surface area (Å²) in [4.78, 5) is 0. The molecule has 5 aromatic carbocycles. The maximum Gasteiger partial charge on any atom is 0.212 e. The van der Waals surface area contributed by atoms with Gasteiger partial charge in [-0.2, -0.15) is 0 Å². The SMILES string of the molecule is Cc1ccccc1-c1cc(CC(C)(C)C)cc[n+]1C.Cc1ccccc1-c1ccc(CC(C)(C)C)c[n+]1C.[2H]C([2H])(C)c1c[n+](C)c(-c2ccccc2C)cc1C.[2H]C([2H])([2H])c1c[n+](C)c(-c2ccccc2C)cc1C([2H])([2H])C.[2H]C([2H])([2H])c1c[n+](C)c(-c2ccccc2C)cc1C([2H])([2H])C. The fourth-order valence-electron chi connectivity index (χ4n) is 11.1. The zero-order chi connectivity index (χ0) is 75.7. The largest absolute Gasteiger partial charge is 0.212 e. The first-order valence-corrected chi connectivity index (χ1v) is 30.9. The monoisotopic (exact) mass is 1200 g/mol. The normalized spacial score (nSPS) is 13.8. The van der Waals surface area contributed by atoms with Gasteiger partial charge in [0.15, 0.2) is 31.0 Å². The molecule has 464 valence electrons. The summed E-state index contributed by atoms with van der Waals surface area (Å²) in [6, 6.07) is 55.4. The molecule has 0 unspecified atom stereocenters. The number of aromatic nitrogens is 5. The molecule has 89 heavy (non-hydrogen) atoms. The van der Waals surface area contributed by atoms with Crippen LogP contribution in [0.5, 0.6) is 0 Å². The Labute approximate surface area is 556 Å². The Bertz CT molecular complexity index is 4370. The molecule has 0 saturated heterocycles. The lowest BCUT2D eigenvalue weighted by atomic mass is 9.88. The van der Waals surface area contributed by atoms with E-state index in [1.54, 1.807) is 42.3 Å². The summed E-state index contributed by atoms with van der Waals surface area (Å²) in [5.41, 5.74) is 22.7. The topological polar surface area (TPSA) is 19.4 Å². The Balaban J connectivity index is 0.000000199. The number of hydrogen-bond acceptors (Lipinski definition) is 0. The van der Waals surface area contributed by atoms with E-state index in [0.717, 1.165) is 63.3 Å². The second kappa shape index (κ2) is 31.8. The Morgan fingerprint density at radius 3 is 0.989 bits per heavy atom. The third-order valence-electron chi connectivity index (χ3n) is 15.8. The van der Waals surface area contributed by atoms with Gasteiger partial charge in [0.1, 0.15) is 35.2 Å². The highest BCUT2D eigenvalue weighted by molar-refractivity contribution is 5.65. The number of nitrogens with zero attached hydrogens (tertiary/aromatic N) is 5. The second-order valence-electron chi connectivity index (χ2n) is 25.9. The van der Waals surface area contributed by atoms with Crippen LogP contribution in [0, 0.1) is 66.1 Å². The van der Waals surface area contributed by atoms with Crippen LogP contribution in [0.15, 0.2) is 195 Å². The van der Waals surface area contributed by atoms with Gasteiger partial charge in [0.25, 0.3) is 0 Å². The summed E-state index contributed by atoms with van der Waals surface area (Å²) in [6.07, 6.45) is 6.81. The number of benzene rings is 5. The maximum atomic E-state index is 7.98. The summed E-state index contributed by atoms with van der Waals surface area (Å²) >= 11 is 0. The van der Waals surface area contributed by atoms with E-state index in [9.17, 15) is 0 Å². The predicted octanol–water partition coefficient (Wildman–Crippen LogP) is 18.2. The molecule has 10 aromatic rings. The maximum absolute atomic E-state index is 7.98.